The van der Waals surface area contributed by atoms with Gasteiger partial charge in [0.25, 0.3) is 0 Å². The number of hydrogen-bond donors (Lipinski definition) is 1. The maximum Gasteiger partial charge on any atom is 0.364 e. The number of benzene rings is 1. The molecule has 0 aromatic heterocycles. The summed E-state index contributed by atoms with van der Waals surface area (Å²) in [5, 5.41) is 0. The topological polar surface area (TPSA) is 21.3 Å². The van der Waals surface area contributed by atoms with Crippen molar-refractivity contribution in [3.05, 3.63) is 30.1 Å². The zero-order valence-electron chi connectivity index (χ0n) is 5.93. The average Bonchev–Trinajstić information content (AvgIpc) is 2.03. The van der Waals surface area contributed by atoms with Gasteiger partial charge in [-0.3, -0.25) is 5.48 Å². The summed E-state index contributed by atoms with van der Waals surface area (Å²) in [6.45, 7) is -2.97. The fourth-order valence-electron chi connectivity index (χ4n) is 0.652. The van der Waals surface area contributed by atoms with Gasteiger partial charge in [0.05, 0.1) is 5.69 Å². The number of nitrogens with one attached hydrogen (secondary N) is 1. The zero-order valence-corrected chi connectivity index (χ0v) is 5.93. The molecule has 0 aliphatic carbocycles. The van der Waals surface area contributed by atoms with Crippen LogP contribution >= 0.6 is 0 Å². The molecule has 1 N–H and O–H groups in total. The Bertz CT molecular complexity index is 254. The molecule has 66 valence electrons. The Morgan fingerprint density at radius 3 is 2.50 bits per heavy atom. The fraction of sp³-hybridized carbons (Fsp3) is 0.143. The summed E-state index contributed by atoms with van der Waals surface area (Å²) in [4.78, 5) is 3.69. The lowest BCUT2D eigenvalue weighted by Crippen LogP contribution is -2.07. The van der Waals surface area contributed by atoms with Crippen LogP contribution in [0.4, 0.5) is 18.9 Å². The predicted octanol–water partition coefficient (Wildman–Crippen LogP) is 2.39. The van der Waals surface area contributed by atoms with Gasteiger partial charge in [-0.1, -0.05) is 12.1 Å². The van der Waals surface area contributed by atoms with Gasteiger partial charge in [-0.05, 0) is 12.1 Å². The van der Waals surface area contributed by atoms with E-state index in [9.17, 15) is 13.2 Å². The van der Waals surface area contributed by atoms with E-state index in [4.69, 9.17) is 0 Å². The Balaban J connectivity index is 2.57. The van der Waals surface area contributed by atoms with Crippen molar-refractivity contribution in [3.8, 4) is 0 Å². The van der Waals surface area contributed by atoms with E-state index in [1.807, 2.05) is 0 Å². The van der Waals surface area contributed by atoms with Crippen molar-refractivity contribution in [1.82, 2.24) is 0 Å². The molecule has 12 heavy (non-hydrogen) atoms. The summed E-state index contributed by atoms with van der Waals surface area (Å²) in [5.41, 5.74) is 1.67. The standard InChI is InChI=1S/C7H6F3NO/c8-5-3-1-2-4-6(5)11-12-7(9)10/h1-4,7,11H. The molecule has 0 saturated heterocycles. The lowest BCUT2D eigenvalue weighted by molar-refractivity contribution is -0.106. The van der Waals surface area contributed by atoms with Crippen molar-refractivity contribution in [3.63, 3.8) is 0 Å². The van der Waals surface area contributed by atoms with E-state index in [1.54, 1.807) is 5.48 Å². The molecular weight excluding hydrogens is 171 g/mol. The second-order valence-electron chi connectivity index (χ2n) is 1.96. The van der Waals surface area contributed by atoms with Crippen LogP contribution in [0.1, 0.15) is 0 Å². The van der Waals surface area contributed by atoms with Crippen molar-refractivity contribution >= 4 is 5.69 Å². The van der Waals surface area contributed by atoms with E-state index in [1.165, 1.54) is 18.2 Å². The highest BCUT2D eigenvalue weighted by atomic mass is 19.3. The molecule has 1 aromatic carbocycles. The average molecular weight is 177 g/mol. The minimum Gasteiger partial charge on any atom is -0.258 e. The molecule has 1 aromatic rings. The molecule has 0 saturated carbocycles. The molecular formula is C7H6F3NO. The van der Waals surface area contributed by atoms with E-state index < -0.39 is 12.4 Å². The molecule has 0 unspecified atom stereocenters. The summed E-state index contributed by atoms with van der Waals surface area (Å²) in [6.07, 6.45) is 0. The Kier molecular flexibility index (Phi) is 2.93. The van der Waals surface area contributed by atoms with E-state index in [-0.39, 0.29) is 5.69 Å². The first-order valence-corrected chi connectivity index (χ1v) is 3.14. The van der Waals surface area contributed by atoms with Crippen LogP contribution in [0, 0.1) is 5.82 Å². The van der Waals surface area contributed by atoms with E-state index in [2.05, 4.69) is 4.84 Å². The molecule has 0 aliphatic heterocycles. The second kappa shape index (κ2) is 3.96. The Morgan fingerprint density at radius 2 is 1.92 bits per heavy atom. The minimum atomic E-state index is -2.97. The number of anilines is 1. The highest BCUT2D eigenvalue weighted by molar-refractivity contribution is 5.41. The van der Waals surface area contributed by atoms with Gasteiger partial charge in [-0.2, -0.15) is 8.78 Å². The number of para-hydroxylation sites is 1. The smallest absolute Gasteiger partial charge is 0.258 e. The van der Waals surface area contributed by atoms with Crippen LogP contribution in [0.3, 0.4) is 0 Å². The summed E-state index contributed by atoms with van der Waals surface area (Å²) < 4.78 is 35.5. The Morgan fingerprint density at radius 1 is 1.25 bits per heavy atom. The molecule has 5 heteroatoms. The number of halogens is 3. The van der Waals surface area contributed by atoms with Crippen LogP contribution < -0.4 is 5.48 Å². The molecule has 0 aliphatic rings. The SMILES string of the molecule is Fc1ccccc1NOC(F)F. The van der Waals surface area contributed by atoms with Crippen molar-refractivity contribution in [1.29, 1.82) is 0 Å². The molecule has 1 rings (SSSR count). The summed E-state index contributed by atoms with van der Waals surface area (Å²) in [5.74, 6) is -0.641. The van der Waals surface area contributed by atoms with Gasteiger partial charge in [-0.15, -0.1) is 0 Å². The van der Waals surface area contributed by atoms with Gasteiger partial charge in [0, 0.05) is 0 Å². The van der Waals surface area contributed by atoms with Crippen molar-refractivity contribution < 1.29 is 18.0 Å². The Hall–Kier alpha value is -1.23. The van der Waals surface area contributed by atoms with Gasteiger partial charge in [-0.25, -0.2) is 9.23 Å². The summed E-state index contributed by atoms with van der Waals surface area (Å²) >= 11 is 0. The first kappa shape index (κ1) is 8.86. The van der Waals surface area contributed by atoms with Crippen molar-refractivity contribution in [2.75, 3.05) is 5.48 Å². The van der Waals surface area contributed by atoms with Crippen LogP contribution in [0.2, 0.25) is 0 Å². The molecule has 2 nitrogen and oxygen atoms in total. The minimum absolute atomic E-state index is 0.113. The molecule has 0 amide bonds. The number of alkyl halides is 2. The Labute approximate surface area is 66.9 Å². The first-order valence-electron chi connectivity index (χ1n) is 3.14. The fourth-order valence-corrected chi connectivity index (χ4v) is 0.652. The second-order valence-corrected chi connectivity index (χ2v) is 1.96. The maximum atomic E-state index is 12.7. The van der Waals surface area contributed by atoms with Gasteiger partial charge in [0.1, 0.15) is 5.82 Å². The lowest BCUT2D eigenvalue weighted by atomic mass is 10.3. The van der Waals surface area contributed by atoms with Gasteiger partial charge in [0.15, 0.2) is 0 Å². The van der Waals surface area contributed by atoms with Crippen molar-refractivity contribution in [2.45, 2.75) is 6.61 Å². The summed E-state index contributed by atoms with van der Waals surface area (Å²) in [7, 11) is 0. The first-order chi connectivity index (χ1) is 5.70. The molecule has 0 atom stereocenters. The number of hydrogen-bond acceptors (Lipinski definition) is 2. The van der Waals surface area contributed by atoms with Crippen molar-refractivity contribution in [2.24, 2.45) is 0 Å². The highest BCUT2D eigenvalue weighted by Gasteiger charge is 2.04. The quantitative estimate of drug-likeness (QED) is 0.715. The number of rotatable bonds is 3. The third kappa shape index (κ3) is 2.43. The van der Waals surface area contributed by atoms with Crippen LogP contribution in [0.25, 0.3) is 0 Å². The molecule has 0 fully saturated rings. The van der Waals surface area contributed by atoms with E-state index in [0.717, 1.165) is 6.07 Å². The van der Waals surface area contributed by atoms with Crippen LogP contribution in [0.5, 0.6) is 0 Å². The van der Waals surface area contributed by atoms with E-state index >= 15 is 0 Å². The van der Waals surface area contributed by atoms with Crippen LogP contribution in [-0.4, -0.2) is 6.61 Å². The monoisotopic (exact) mass is 177 g/mol. The summed E-state index contributed by atoms with van der Waals surface area (Å²) in [6, 6.07) is 5.37. The predicted molar refractivity (Wildman–Crippen MR) is 37.1 cm³/mol. The molecule has 0 radical (unpaired) electrons. The normalized spacial score (nSPS) is 10.3. The third-order valence-electron chi connectivity index (χ3n) is 1.13. The largest absolute Gasteiger partial charge is 0.364 e. The van der Waals surface area contributed by atoms with Crippen LogP contribution in [-0.2, 0) is 4.84 Å². The highest BCUT2D eigenvalue weighted by Crippen LogP contribution is 2.12. The van der Waals surface area contributed by atoms with Gasteiger partial charge < -0.3 is 0 Å². The van der Waals surface area contributed by atoms with E-state index in [0.29, 0.717) is 0 Å². The zero-order chi connectivity index (χ0) is 8.97. The van der Waals surface area contributed by atoms with Crippen LogP contribution in [0.15, 0.2) is 24.3 Å². The van der Waals surface area contributed by atoms with Gasteiger partial charge in [0.2, 0.25) is 0 Å². The van der Waals surface area contributed by atoms with Gasteiger partial charge >= 0.3 is 6.61 Å². The third-order valence-corrected chi connectivity index (χ3v) is 1.13. The lowest BCUT2D eigenvalue weighted by Gasteiger charge is -2.05. The molecule has 0 spiro atoms. The molecule has 0 bridgehead atoms. The molecule has 0 heterocycles. The maximum absolute atomic E-state index is 12.7.